The molecule has 0 bridgehead atoms. The summed E-state index contributed by atoms with van der Waals surface area (Å²) in [6.45, 7) is 0. The monoisotopic (exact) mass is 451 g/mol. The first-order valence-corrected chi connectivity index (χ1v) is 13.6. The van der Waals surface area contributed by atoms with E-state index < -0.39 is 13.0 Å². The van der Waals surface area contributed by atoms with Gasteiger partial charge in [-0.1, -0.05) is 36.4 Å². The van der Waals surface area contributed by atoms with Crippen molar-refractivity contribution in [2.24, 2.45) is 0 Å². The second-order valence-electron chi connectivity index (χ2n) is 4.06. The minimum atomic E-state index is -1.66. The van der Waals surface area contributed by atoms with E-state index in [9.17, 15) is 0 Å². The third-order valence-electron chi connectivity index (χ3n) is 2.57. The molecule has 0 saturated heterocycles. The predicted octanol–water partition coefficient (Wildman–Crippen LogP) is 7.04. The van der Waals surface area contributed by atoms with Crippen molar-refractivity contribution in [3.63, 3.8) is 0 Å². The van der Waals surface area contributed by atoms with Gasteiger partial charge in [0.2, 0.25) is 0 Å². The zero-order valence-corrected chi connectivity index (χ0v) is 16.1. The molecular formula is C15H17Cl3NRhS. The van der Waals surface area contributed by atoms with E-state index in [1.165, 1.54) is 30.4 Å². The van der Waals surface area contributed by atoms with Gasteiger partial charge in [-0.25, -0.2) is 4.98 Å². The fourth-order valence-corrected chi connectivity index (χ4v) is 2.34. The zero-order chi connectivity index (χ0) is 15.3. The maximum Gasteiger partial charge on any atom is 0.0812 e. The number of fused-ring (bicyclic) bond motifs is 1. The summed E-state index contributed by atoms with van der Waals surface area (Å²) < 4.78 is 1.26. The SMILES string of the molecule is C1=CCCC=CCC1.[Cl][Rh]([Cl])[Cl].c1ccc2scnc2c1. The van der Waals surface area contributed by atoms with Crippen molar-refractivity contribution >= 4 is 50.6 Å². The molecule has 1 aliphatic rings. The van der Waals surface area contributed by atoms with Crippen LogP contribution in [-0.4, -0.2) is 4.98 Å². The van der Waals surface area contributed by atoms with E-state index in [0.29, 0.717) is 0 Å². The number of hydrogen-bond donors (Lipinski definition) is 0. The van der Waals surface area contributed by atoms with Crippen LogP contribution in [0.25, 0.3) is 10.2 Å². The molecule has 0 aliphatic heterocycles. The van der Waals surface area contributed by atoms with Crippen LogP contribution < -0.4 is 0 Å². The molecule has 2 aromatic rings. The summed E-state index contributed by atoms with van der Waals surface area (Å²) in [6, 6.07) is 8.13. The predicted molar refractivity (Wildman–Crippen MR) is 93.9 cm³/mol. The molecule has 1 aromatic carbocycles. The maximum atomic E-state index is 4.94. The van der Waals surface area contributed by atoms with Crippen LogP contribution in [0.15, 0.2) is 54.1 Å². The van der Waals surface area contributed by atoms with Crippen LogP contribution in [0.1, 0.15) is 25.7 Å². The number of halogens is 3. The Kier molecular flexibility index (Phi) is 11.5. The number of rotatable bonds is 0. The normalized spacial score (nSPS) is 14.1. The quantitative estimate of drug-likeness (QED) is 0.309. The Morgan fingerprint density at radius 2 is 1.33 bits per heavy atom. The van der Waals surface area contributed by atoms with Crippen molar-refractivity contribution in [2.75, 3.05) is 0 Å². The first kappa shape index (κ1) is 19.1. The fourth-order valence-electron chi connectivity index (χ4n) is 1.66. The van der Waals surface area contributed by atoms with E-state index in [4.69, 9.17) is 29.1 Å². The Hall–Kier alpha value is 0.0834. The average Bonchev–Trinajstić information content (AvgIpc) is 2.86. The van der Waals surface area contributed by atoms with E-state index >= 15 is 0 Å². The van der Waals surface area contributed by atoms with Gasteiger partial charge < -0.3 is 0 Å². The van der Waals surface area contributed by atoms with Crippen molar-refractivity contribution in [1.29, 1.82) is 0 Å². The van der Waals surface area contributed by atoms with E-state index in [2.05, 4.69) is 35.4 Å². The number of para-hydroxylation sites is 1. The van der Waals surface area contributed by atoms with Crippen LogP contribution in [0.4, 0.5) is 0 Å². The Labute approximate surface area is 147 Å². The molecule has 0 saturated carbocycles. The molecule has 0 fully saturated rings. The van der Waals surface area contributed by atoms with E-state index in [0.717, 1.165) is 5.52 Å². The third kappa shape index (κ3) is 10.4. The van der Waals surface area contributed by atoms with Crippen LogP contribution in [0.3, 0.4) is 0 Å². The summed E-state index contributed by atoms with van der Waals surface area (Å²) in [5.74, 6) is 0. The second kappa shape index (κ2) is 12.6. The van der Waals surface area contributed by atoms with Gasteiger partial charge in [0.25, 0.3) is 0 Å². The summed E-state index contributed by atoms with van der Waals surface area (Å²) in [5, 5.41) is 0. The Balaban J connectivity index is 0.000000171. The van der Waals surface area contributed by atoms with Crippen LogP contribution in [0.5, 0.6) is 0 Å². The van der Waals surface area contributed by atoms with Gasteiger partial charge in [-0.15, -0.1) is 11.3 Å². The molecule has 0 radical (unpaired) electrons. The molecule has 1 aromatic heterocycles. The standard InChI is InChI=1S/C8H12.C7H5NS.3ClH.Rh/c1-2-4-6-8-7-5-3-1;1-2-4-7-6(3-1)8-5-9-7;;;;/h1-2,7-8H,3-6H2;1-5H;3*1H;/q;;;;;+3/p-3. The van der Waals surface area contributed by atoms with Gasteiger partial charge in [0.05, 0.1) is 15.7 Å². The van der Waals surface area contributed by atoms with Crippen LogP contribution in [-0.2, 0) is 13.0 Å². The molecule has 0 atom stereocenters. The van der Waals surface area contributed by atoms with Crippen molar-refractivity contribution in [1.82, 2.24) is 4.98 Å². The summed E-state index contributed by atoms with van der Waals surface area (Å²) in [6.07, 6.45) is 14.0. The molecule has 0 spiro atoms. The first-order chi connectivity index (χ1) is 10.2. The summed E-state index contributed by atoms with van der Waals surface area (Å²) >= 11 is 0.0162. The van der Waals surface area contributed by atoms with Gasteiger partial charge in [-0.05, 0) is 37.8 Å². The van der Waals surface area contributed by atoms with Gasteiger partial charge in [0.15, 0.2) is 0 Å². The van der Waals surface area contributed by atoms with Gasteiger partial charge in [-0.2, -0.15) is 0 Å². The van der Waals surface area contributed by atoms with Gasteiger partial charge in [0, 0.05) is 0 Å². The zero-order valence-electron chi connectivity index (χ0n) is 11.3. The molecule has 0 N–H and O–H groups in total. The van der Waals surface area contributed by atoms with Crippen LogP contribution >= 0.6 is 40.4 Å². The minimum absolute atomic E-state index is 1.10. The van der Waals surface area contributed by atoms with Gasteiger partial charge in [-0.3, -0.25) is 0 Å². The van der Waals surface area contributed by atoms with Gasteiger partial charge >= 0.3 is 42.1 Å². The number of thiazole rings is 1. The van der Waals surface area contributed by atoms with Crippen molar-refractivity contribution in [2.45, 2.75) is 25.7 Å². The van der Waals surface area contributed by atoms with Crippen molar-refractivity contribution in [3.8, 4) is 0 Å². The molecule has 3 rings (SSSR count). The molecule has 118 valence electrons. The van der Waals surface area contributed by atoms with Crippen molar-refractivity contribution < 1.29 is 13.0 Å². The third-order valence-corrected chi connectivity index (χ3v) is 3.38. The number of hydrogen-bond acceptors (Lipinski definition) is 2. The average molecular weight is 453 g/mol. The fraction of sp³-hybridized carbons (Fsp3) is 0.267. The number of aromatic nitrogens is 1. The molecule has 0 amide bonds. The van der Waals surface area contributed by atoms with Crippen LogP contribution in [0, 0.1) is 0 Å². The summed E-state index contributed by atoms with van der Waals surface area (Å²) in [4.78, 5) is 4.14. The van der Waals surface area contributed by atoms with E-state index in [-0.39, 0.29) is 0 Å². The number of allylic oxidation sites excluding steroid dienone is 4. The molecule has 1 nitrogen and oxygen atoms in total. The van der Waals surface area contributed by atoms with E-state index in [1.54, 1.807) is 11.3 Å². The van der Waals surface area contributed by atoms with E-state index in [1.807, 2.05) is 23.7 Å². The first-order valence-electron chi connectivity index (χ1n) is 6.43. The molecule has 1 aliphatic carbocycles. The Morgan fingerprint density at radius 1 is 0.857 bits per heavy atom. The smallest absolute Gasteiger partial charge is 0.0812 e. The second-order valence-corrected chi connectivity index (χ2v) is 12.4. The molecular weight excluding hydrogens is 436 g/mol. The maximum absolute atomic E-state index is 4.94. The van der Waals surface area contributed by atoms with Gasteiger partial charge in [0.1, 0.15) is 0 Å². The number of benzene rings is 1. The summed E-state index contributed by atoms with van der Waals surface area (Å²) in [7, 11) is 14.8. The molecule has 6 heteroatoms. The topological polar surface area (TPSA) is 12.9 Å². The molecule has 1 heterocycles. The Morgan fingerprint density at radius 3 is 1.81 bits per heavy atom. The Bertz CT molecular complexity index is 496. The molecule has 0 unspecified atom stereocenters. The van der Waals surface area contributed by atoms with Crippen LogP contribution in [0.2, 0.25) is 0 Å². The number of nitrogens with zero attached hydrogens (tertiary/aromatic N) is 1. The summed E-state index contributed by atoms with van der Waals surface area (Å²) in [5.41, 5.74) is 2.97. The molecule has 21 heavy (non-hydrogen) atoms. The van der Waals surface area contributed by atoms with Crippen molar-refractivity contribution in [3.05, 3.63) is 54.1 Å². The minimum Gasteiger partial charge on any atom is -0.245 e. The largest absolute Gasteiger partial charge is 0.245 e.